The lowest BCUT2D eigenvalue weighted by Crippen LogP contribution is -2.36. The van der Waals surface area contributed by atoms with Crippen LogP contribution in [0.2, 0.25) is 0 Å². The summed E-state index contributed by atoms with van der Waals surface area (Å²) in [6.07, 6.45) is 7.00. The summed E-state index contributed by atoms with van der Waals surface area (Å²) in [5, 5.41) is 2.90. The summed E-state index contributed by atoms with van der Waals surface area (Å²) in [5.74, 6) is 0.795. The van der Waals surface area contributed by atoms with Gasteiger partial charge in [-0.2, -0.15) is 0 Å². The van der Waals surface area contributed by atoms with Gasteiger partial charge in [0.15, 0.2) is 0 Å². The van der Waals surface area contributed by atoms with Crippen molar-refractivity contribution >= 4 is 6.03 Å². The monoisotopic (exact) mass is 321 g/mol. The maximum atomic E-state index is 12.2. The lowest BCUT2D eigenvalue weighted by molar-refractivity contribution is 0.206. The fourth-order valence-corrected chi connectivity index (χ4v) is 2.31. The third-order valence-corrected chi connectivity index (χ3v) is 3.63. The highest BCUT2D eigenvalue weighted by atomic mass is 16.2. The molecule has 3 rings (SSSR count). The van der Waals surface area contributed by atoms with Crippen LogP contribution in [0.4, 0.5) is 4.79 Å². The smallest absolute Gasteiger partial charge is 0.317 e. The first kappa shape index (κ1) is 15.7. The minimum Gasteiger partial charge on any atom is -0.334 e. The van der Waals surface area contributed by atoms with E-state index in [-0.39, 0.29) is 6.03 Å². The number of nitrogens with one attached hydrogen (secondary N) is 1. The van der Waals surface area contributed by atoms with Crippen molar-refractivity contribution in [2.75, 3.05) is 7.05 Å². The summed E-state index contributed by atoms with van der Waals surface area (Å²) >= 11 is 0. The molecule has 2 aromatic heterocycles. The fraction of sp³-hybridized carbons (Fsp3) is 0.167. The molecule has 0 saturated heterocycles. The van der Waals surface area contributed by atoms with Crippen molar-refractivity contribution in [2.24, 2.45) is 0 Å². The Labute approximate surface area is 140 Å². The Kier molecular flexibility index (Phi) is 4.86. The Morgan fingerprint density at radius 1 is 1.17 bits per heavy atom. The number of rotatable bonds is 5. The van der Waals surface area contributed by atoms with Crippen LogP contribution in [0.5, 0.6) is 0 Å². The summed E-state index contributed by atoms with van der Waals surface area (Å²) in [6.45, 7) is 1.01. The first-order chi connectivity index (χ1) is 11.7. The Balaban J connectivity index is 1.52. The van der Waals surface area contributed by atoms with E-state index in [2.05, 4.69) is 15.3 Å². The number of pyridine rings is 1. The van der Waals surface area contributed by atoms with Gasteiger partial charge >= 0.3 is 6.03 Å². The lowest BCUT2D eigenvalue weighted by Gasteiger charge is -2.18. The van der Waals surface area contributed by atoms with E-state index >= 15 is 0 Å². The van der Waals surface area contributed by atoms with E-state index in [0.717, 1.165) is 16.9 Å². The summed E-state index contributed by atoms with van der Waals surface area (Å²) in [6, 6.07) is 13.6. The van der Waals surface area contributed by atoms with Crippen molar-refractivity contribution in [3.63, 3.8) is 0 Å². The second-order valence-corrected chi connectivity index (χ2v) is 5.49. The molecule has 0 spiro atoms. The molecule has 0 unspecified atom stereocenters. The topological polar surface area (TPSA) is 63.1 Å². The Hall–Kier alpha value is -3.15. The molecule has 0 saturated carbocycles. The van der Waals surface area contributed by atoms with Crippen molar-refractivity contribution < 1.29 is 4.79 Å². The minimum absolute atomic E-state index is 0.113. The number of carbonyl (C=O) groups is 1. The molecule has 0 aliphatic heterocycles. The molecular weight excluding hydrogens is 302 g/mol. The summed E-state index contributed by atoms with van der Waals surface area (Å²) < 4.78 is 1.83. The normalized spacial score (nSPS) is 10.4. The highest BCUT2D eigenvalue weighted by Gasteiger charge is 2.08. The van der Waals surface area contributed by atoms with E-state index in [1.807, 2.05) is 53.2 Å². The maximum absolute atomic E-state index is 12.2. The van der Waals surface area contributed by atoms with Gasteiger partial charge < -0.3 is 10.2 Å². The molecule has 2 heterocycles. The lowest BCUT2D eigenvalue weighted by atomic mass is 10.2. The number of imidazole rings is 1. The largest absolute Gasteiger partial charge is 0.334 e. The second kappa shape index (κ2) is 7.41. The molecule has 0 aliphatic rings. The molecule has 1 aromatic carbocycles. The number of hydrogen-bond donors (Lipinski definition) is 1. The molecule has 6 heteroatoms. The molecule has 0 radical (unpaired) electrons. The molecule has 122 valence electrons. The zero-order valence-electron chi connectivity index (χ0n) is 13.5. The number of urea groups is 1. The number of carbonyl (C=O) groups excluding carboxylic acids is 1. The zero-order valence-corrected chi connectivity index (χ0v) is 13.5. The van der Waals surface area contributed by atoms with Gasteiger partial charge in [0.1, 0.15) is 12.1 Å². The molecular formula is C18H19N5O. The Morgan fingerprint density at radius 2 is 2.00 bits per heavy atom. The minimum atomic E-state index is -0.113. The molecule has 0 fully saturated rings. The van der Waals surface area contributed by atoms with Gasteiger partial charge in [0.25, 0.3) is 0 Å². The molecule has 0 bridgehead atoms. The predicted octanol–water partition coefficient (Wildman–Crippen LogP) is 2.61. The van der Waals surface area contributed by atoms with Crippen LogP contribution in [-0.2, 0) is 13.1 Å². The van der Waals surface area contributed by atoms with Gasteiger partial charge in [0, 0.05) is 38.7 Å². The number of hydrogen-bond acceptors (Lipinski definition) is 3. The average Bonchev–Trinajstić information content (AvgIpc) is 3.15. The molecule has 1 N–H and O–H groups in total. The Morgan fingerprint density at radius 3 is 2.67 bits per heavy atom. The number of amides is 2. The van der Waals surface area contributed by atoms with Crippen LogP contribution >= 0.6 is 0 Å². The van der Waals surface area contributed by atoms with E-state index in [1.54, 1.807) is 30.7 Å². The van der Waals surface area contributed by atoms with Crippen LogP contribution in [0.1, 0.15) is 11.1 Å². The molecule has 2 amide bonds. The van der Waals surface area contributed by atoms with Gasteiger partial charge in [0.05, 0.1) is 0 Å². The van der Waals surface area contributed by atoms with E-state index in [4.69, 9.17) is 0 Å². The quantitative estimate of drug-likeness (QED) is 0.786. The third kappa shape index (κ3) is 3.98. The summed E-state index contributed by atoms with van der Waals surface area (Å²) in [5.41, 5.74) is 2.04. The van der Waals surface area contributed by atoms with E-state index in [9.17, 15) is 4.79 Å². The van der Waals surface area contributed by atoms with E-state index in [1.165, 1.54) is 0 Å². The van der Waals surface area contributed by atoms with Gasteiger partial charge in [-0.3, -0.25) is 4.57 Å². The van der Waals surface area contributed by atoms with E-state index < -0.39 is 0 Å². The maximum Gasteiger partial charge on any atom is 0.317 e. The summed E-state index contributed by atoms with van der Waals surface area (Å²) in [4.78, 5) is 22.2. The first-order valence-corrected chi connectivity index (χ1v) is 7.68. The Bertz CT molecular complexity index is 769. The molecule has 3 aromatic rings. The first-order valence-electron chi connectivity index (χ1n) is 7.68. The van der Waals surface area contributed by atoms with Crippen molar-refractivity contribution in [1.82, 2.24) is 24.8 Å². The predicted molar refractivity (Wildman–Crippen MR) is 91.5 cm³/mol. The van der Waals surface area contributed by atoms with Crippen LogP contribution in [0.3, 0.4) is 0 Å². The van der Waals surface area contributed by atoms with Crippen molar-refractivity contribution in [3.8, 4) is 5.82 Å². The van der Waals surface area contributed by atoms with Gasteiger partial charge in [-0.15, -0.1) is 0 Å². The van der Waals surface area contributed by atoms with Crippen molar-refractivity contribution in [1.29, 1.82) is 0 Å². The molecule has 0 aliphatic carbocycles. The highest BCUT2D eigenvalue weighted by molar-refractivity contribution is 5.73. The molecule has 24 heavy (non-hydrogen) atoms. The van der Waals surface area contributed by atoms with Crippen LogP contribution in [0.25, 0.3) is 5.82 Å². The van der Waals surface area contributed by atoms with E-state index in [0.29, 0.717) is 13.1 Å². The number of benzene rings is 1. The highest BCUT2D eigenvalue weighted by Crippen LogP contribution is 2.06. The van der Waals surface area contributed by atoms with Crippen LogP contribution < -0.4 is 5.32 Å². The average molecular weight is 321 g/mol. The van der Waals surface area contributed by atoms with Gasteiger partial charge in [-0.05, 0) is 17.2 Å². The van der Waals surface area contributed by atoms with Crippen LogP contribution in [0, 0.1) is 0 Å². The third-order valence-electron chi connectivity index (χ3n) is 3.63. The van der Waals surface area contributed by atoms with Gasteiger partial charge in [-0.1, -0.05) is 36.4 Å². The zero-order chi connectivity index (χ0) is 16.8. The van der Waals surface area contributed by atoms with Crippen molar-refractivity contribution in [2.45, 2.75) is 13.1 Å². The van der Waals surface area contributed by atoms with Gasteiger partial charge in [-0.25, -0.2) is 14.8 Å². The SMILES string of the molecule is CN(Cc1ccccc1)C(=O)NCc1ccc(-n2ccnc2)nc1. The van der Waals surface area contributed by atoms with Crippen molar-refractivity contribution in [3.05, 3.63) is 78.5 Å². The van der Waals surface area contributed by atoms with Crippen LogP contribution in [-0.4, -0.2) is 32.5 Å². The van der Waals surface area contributed by atoms with Crippen LogP contribution in [0.15, 0.2) is 67.4 Å². The number of aromatic nitrogens is 3. The second-order valence-electron chi connectivity index (χ2n) is 5.49. The molecule has 6 nitrogen and oxygen atoms in total. The van der Waals surface area contributed by atoms with Gasteiger partial charge in [0.2, 0.25) is 0 Å². The number of nitrogens with zero attached hydrogens (tertiary/aromatic N) is 4. The molecule has 0 atom stereocenters. The standard InChI is InChI=1S/C18H19N5O/c1-22(13-15-5-3-2-4-6-15)18(24)21-12-16-7-8-17(20-11-16)23-10-9-19-14-23/h2-11,14H,12-13H2,1H3,(H,21,24). The fourth-order valence-electron chi connectivity index (χ4n) is 2.31. The summed E-state index contributed by atoms with van der Waals surface area (Å²) in [7, 11) is 1.78.